The molecule has 3 aliphatic heterocycles. The van der Waals surface area contributed by atoms with Crippen molar-refractivity contribution in [3.05, 3.63) is 36.5 Å². The van der Waals surface area contributed by atoms with E-state index in [1.165, 1.54) is 5.06 Å². The maximum absolute atomic E-state index is 11.6. The van der Waals surface area contributed by atoms with Crippen LogP contribution in [0.2, 0.25) is 0 Å². The number of hydrogen-bond acceptors (Lipinski definition) is 10. The first-order valence-electron chi connectivity index (χ1n) is 17.9. The topological polar surface area (TPSA) is 118 Å². The van der Waals surface area contributed by atoms with Crippen molar-refractivity contribution in [1.29, 1.82) is 0 Å². The molecule has 288 valence electrons. The van der Waals surface area contributed by atoms with E-state index in [4.69, 9.17) is 14.2 Å². The summed E-state index contributed by atoms with van der Waals surface area (Å²) in [5.41, 5.74) is 0.636. The molecule has 0 aromatic heterocycles. The van der Waals surface area contributed by atoms with Crippen molar-refractivity contribution in [2.24, 2.45) is 0 Å². The van der Waals surface area contributed by atoms with Crippen LogP contribution < -0.4 is 5.32 Å². The highest BCUT2D eigenvalue weighted by Crippen LogP contribution is 2.39. The minimum Gasteiger partial charge on any atom is -0.459 e. The fourth-order valence-corrected chi connectivity index (χ4v) is 7.69. The zero-order valence-electron chi connectivity index (χ0n) is 34.4. The van der Waals surface area contributed by atoms with Crippen molar-refractivity contribution >= 4 is 17.9 Å². The molecule has 0 aromatic carbocycles. The number of nitrogens with one attached hydrogen (secondary N) is 1. The van der Waals surface area contributed by atoms with Gasteiger partial charge in [0.25, 0.3) is 0 Å². The highest BCUT2D eigenvalue weighted by Gasteiger charge is 2.47. The Balaban J connectivity index is 0.000000375. The normalized spacial score (nSPS) is 24.2. The Labute approximate surface area is 304 Å². The molecule has 0 radical (unpaired) electrons. The quantitative estimate of drug-likeness (QED) is 0.162. The van der Waals surface area contributed by atoms with E-state index in [2.05, 4.69) is 92.4 Å². The van der Waals surface area contributed by atoms with Crippen LogP contribution in [-0.2, 0) is 28.6 Å². The second-order valence-corrected chi connectivity index (χ2v) is 18.7. The van der Waals surface area contributed by atoms with Gasteiger partial charge in [-0.2, -0.15) is 5.06 Å². The molecule has 0 bridgehead atoms. The average molecular weight is 706 g/mol. The molecule has 0 aliphatic carbocycles. The van der Waals surface area contributed by atoms with Gasteiger partial charge in [0.2, 0.25) is 0 Å². The van der Waals surface area contributed by atoms with E-state index < -0.39 is 11.1 Å². The van der Waals surface area contributed by atoms with Crippen molar-refractivity contribution in [2.45, 2.75) is 194 Å². The minimum absolute atomic E-state index is 0.00176. The van der Waals surface area contributed by atoms with Crippen molar-refractivity contribution in [1.82, 2.24) is 15.3 Å². The second-order valence-electron chi connectivity index (χ2n) is 18.7. The lowest BCUT2D eigenvalue weighted by Crippen LogP contribution is -2.60. The SMILES string of the molecule is C=C(C)C(=O)OC1CC(C)(C)N(C)C(C)(C)C1.C=C(C)C(=O)OC1CC(C)(C)N(O)C(C)(C)C1.C=C(C)C(=O)OC1CC(C)(C)NC(C)(C)C1. The van der Waals surface area contributed by atoms with E-state index in [0.717, 1.165) is 25.7 Å². The maximum atomic E-state index is 11.6. The number of esters is 3. The van der Waals surface area contributed by atoms with Gasteiger partial charge in [0.15, 0.2) is 0 Å². The van der Waals surface area contributed by atoms with E-state index in [-0.39, 0.29) is 58.4 Å². The highest BCUT2D eigenvalue weighted by molar-refractivity contribution is 5.87. The first-order chi connectivity index (χ1) is 22.2. The van der Waals surface area contributed by atoms with Crippen LogP contribution in [0.1, 0.15) is 142 Å². The third-order valence-electron chi connectivity index (χ3n) is 9.89. The van der Waals surface area contributed by atoms with Crippen LogP contribution in [0.3, 0.4) is 0 Å². The third kappa shape index (κ3) is 13.5. The number of hydroxylamine groups is 2. The van der Waals surface area contributed by atoms with Crippen LogP contribution >= 0.6 is 0 Å². The Bertz CT molecular complexity index is 1160. The molecule has 3 fully saturated rings. The van der Waals surface area contributed by atoms with Crippen molar-refractivity contribution in [3.8, 4) is 0 Å². The van der Waals surface area contributed by atoms with E-state index in [9.17, 15) is 19.6 Å². The van der Waals surface area contributed by atoms with Gasteiger partial charge in [-0.25, -0.2) is 14.4 Å². The number of ether oxygens (including phenoxy) is 3. The summed E-state index contributed by atoms with van der Waals surface area (Å²) in [4.78, 5) is 37.0. The summed E-state index contributed by atoms with van der Waals surface area (Å²) in [7, 11) is 2.14. The van der Waals surface area contributed by atoms with Gasteiger partial charge in [-0.05, 0) is 111 Å². The molecule has 3 rings (SSSR count). The molecule has 3 aliphatic rings. The van der Waals surface area contributed by atoms with Crippen LogP contribution in [0.15, 0.2) is 36.5 Å². The predicted octanol–water partition coefficient (Wildman–Crippen LogP) is 7.69. The first kappa shape index (κ1) is 45.5. The van der Waals surface area contributed by atoms with Crippen LogP contribution in [0.4, 0.5) is 0 Å². The molecular formula is C40H71N3O7. The summed E-state index contributed by atoms with van der Waals surface area (Å²) < 4.78 is 16.3. The van der Waals surface area contributed by atoms with Gasteiger partial charge in [0, 0.05) is 88.5 Å². The Kier molecular flexibility index (Phi) is 14.9. The van der Waals surface area contributed by atoms with Crippen LogP contribution in [0.25, 0.3) is 0 Å². The molecule has 10 heteroatoms. The summed E-state index contributed by atoms with van der Waals surface area (Å²) in [5, 5.41) is 15.0. The van der Waals surface area contributed by atoms with E-state index in [0.29, 0.717) is 29.6 Å². The Morgan fingerprint density at radius 1 is 0.540 bits per heavy atom. The summed E-state index contributed by atoms with van der Waals surface area (Å²) in [6.07, 6.45) is 4.45. The van der Waals surface area contributed by atoms with Gasteiger partial charge in [0.1, 0.15) is 18.3 Å². The van der Waals surface area contributed by atoms with E-state index in [1.807, 2.05) is 27.7 Å². The minimum atomic E-state index is -0.401. The summed E-state index contributed by atoms with van der Waals surface area (Å²) in [6, 6.07) is 0. The number of nitrogens with zero attached hydrogens (tertiary/aromatic N) is 2. The number of carbonyl (C=O) groups is 3. The number of likely N-dealkylation sites (tertiary alicyclic amines) is 1. The number of hydrogen-bond donors (Lipinski definition) is 2. The first-order valence-corrected chi connectivity index (χ1v) is 17.9. The molecule has 0 saturated carbocycles. The summed E-state index contributed by atoms with van der Waals surface area (Å²) >= 11 is 0. The number of piperidine rings is 3. The Morgan fingerprint density at radius 3 is 1.04 bits per heavy atom. The maximum Gasteiger partial charge on any atom is 0.333 e. The monoisotopic (exact) mass is 706 g/mol. The largest absolute Gasteiger partial charge is 0.459 e. The predicted molar refractivity (Wildman–Crippen MR) is 201 cm³/mol. The number of carbonyl (C=O) groups excluding carboxylic acids is 3. The van der Waals surface area contributed by atoms with Crippen molar-refractivity contribution in [2.75, 3.05) is 7.05 Å². The van der Waals surface area contributed by atoms with Gasteiger partial charge >= 0.3 is 17.9 Å². The molecule has 2 N–H and O–H groups in total. The molecular weight excluding hydrogens is 634 g/mol. The Hall–Kier alpha value is -2.53. The molecule has 0 aromatic rings. The molecule has 3 heterocycles. The third-order valence-corrected chi connectivity index (χ3v) is 9.89. The zero-order chi connectivity index (χ0) is 39.4. The molecule has 0 atom stereocenters. The molecule has 0 amide bonds. The zero-order valence-corrected chi connectivity index (χ0v) is 34.4. The molecule has 10 nitrogen and oxygen atoms in total. The second kappa shape index (κ2) is 16.4. The van der Waals surface area contributed by atoms with E-state index >= 15 is 0 Å². The molecule has 0 spiro atoms. The van der Waals surface area contributed by atoms with Gasteiger partial charge in [0.05, 0.1) is 0 Å². The summed E-state index contributed by atoms with van der Waals surface area (Å²) in [5.74, 6) is -0.905. The lowest BCUT2D eigenvalue weighted by Gasteiger charge is -2.53. The average Bonchev–Trinajstić information content (AvgIpc) is 2.88. The van der Waals surface area contributed by atoms with Crippen LogP contribution in [0.5, 0.6) is 0 Å². The van der Waals surface area contributed by atoms with E-state index in [1.54, 1.807) is 20.8 Å². The van der Waals surface area contributed by atoms with Crippen LogP contribution in [0, 0.1) is 0 Å². The molecule has 3 saturated heterocycles. The molecule has 0 unspecified atom stereocenters. The van der Waals surface area contributed by atoms with Gasteiger partial charge in [-0.3, -0.25) is 4.90 Å². The Morgan fingerprint density at radius 2 is 0.780 bits per heavy atom. The molecule has 50 heavy (non-hydrogen) atoms. The van der Waals surface area contributed by atoms with Gasteiger partial charge < -0.3 is 24.7 Å². The fraction of sp³-hybridized carbons (Fsp3) is 0.775. The standard InChI is InChI=1S/C14H25NO2.C13H23NO3.C13H23NO2/c1-10(2)12(16)17-11-8-13(3,4)15(7)14(5,6)9-11;1-9(2)11(15)17-10-7-12(3,4)14(16)13(5,6)8-10;1-9(2)11(15)16-10-7-12(3,4)14-13(5,6)8-10/h11H,1,8-9H2,2-7H3;10,16H,1,7-8H2,2-6H3;10,14H,1,7-8H2,2-6H3. The lowest BCUT2D eigenvalue weighted by atomic mass is 9.79. The van der Waals surface area contributed by atoms with Gasteiger partial charge in [-0.1, -0.05) is 19.7 Å². The van der Waals surface area contributed by atoms with Crippen molar-refractivity contribution in [3.63, 3.8) is 0 Å². The summed E-state index contributed by atoms with van der Waals surface area (Å²) in [6.45, 7) is 40.9. The highest BCUT2D eigenvalue weighted by atomic mass is 16.6. The van der Waals surface area contributed by atoms with Crippen LogP contribution in [-0.4, -0.2) is 91.7 Å². The number of rotatable bonds is 6. The van der Waals surface area contributed by atoms with Gasteiger partial charge in [-0.15, -0.1) is 0 Å². The fourth-order valence-electron chi connectivity index (χ4n) is 7.69. The lowest BCUT2D eigenvalue weighted by molar-refractivity contribution is -0.259. The van der Waals surface area contributed by atoms with Crippen molar-refractivity contribution < 1.29 is 33.8 Å². The smallest absolute Gasteiger partial charge is 0.333 e.